The Bertz CT molecular complexity index is 475. The molecule has 2 rings (SSSR count). The molecule has 1 aromatic rings. The van der Waals surface area contributed by atoms with Gasteiger partial charge in [-0.2, -0.15) is 11.8 Å². The molecule has 1 fully saturated rings. The molecule has 1 saturated heterocycles. The smallest absolute Gasteiger partial charge is 0.237 e. The molecule has 0 bridgehead atoms. The summed E-state index contributed by atoms with van der Waals surface area (Å²) >= 11 is 1.95. The lowest BCUT2D eigenvalue weighted by Gasteiger charge is -2.31. The largest absolute Gasteiger partial charge is 0.393 e. The first kappa shape index (κ1) is 18.3. The van der Waals surface area contributed by atoms with Crippen molar-refractivity contribution < 1.29 is 9.90 Å². The van der Waals surface area contributed by atoms with E-state index in [0.29, 0.717) is 13.0 Å². The average molecular weight is 337 g/mol. The maximum Gasteiger partial charge on any atom is 0.237 e. The van der Waals surface area contributed by atoms with Gasteiger partial charge >= 0.3 is 0 Å². The second-order valence-corrected chi connectivity index (χ2v) is 7.49. The lowest BCUT2D eigenvalue weighted by atomic mass is 9.93. The van der Waals surface area contributed by atoms with Gasteiger partial charge in [0.15, 0.2) is 0 Å². The monoisotopic (exact) mass is 336 g/mol. The van der Waals surface area contributed by atoms with Crippen LogP contribution in [0.15, 0.2) is 30.3 Å². The molecule has 1 aliphatic heterocycles. The molecule has 1 heterocycles. The van der Waals surface area contributed by atoms with E-state index >= 15 is 0 Å². The first-order chi connectivity index (χ1) is 11.1. The molecule has 0 saturated carbocycles. The third-order valence-corrected chi connectivity index (χ3v) is 5.33. The number of amides is 1. The molecule has 0 aliphatic carbocycles. The van der Waals surface area contributed by atoms with Crippen LogP contribution in [0.2, 0.25) is 0 Å². The molecule has 128 valence electrons. The third-order valence-electron chi connectivity index (χ3n) is 4.39. The Morgan fingerprint density at radius 1 is 1.26 bits per heavy atom. The fourth-order valence-corrected chi connectivity index (χ4v) is 3.91. The van der Waals surface area contributed by atoms with Crippen LogP contribution in [0.3, 0.4) is 0 Å². The molecule has 4 nitrogen and oxygen atoms in total. The van der Waals surface area contributed by atoms with Crippen LogP contribution < -0.4 is 5.32 Å². The van der Waals surface area contributed by atoms with Crippen molar-refractivity contribution in [2.45, 2.75) is 38.3 Å². The number of carbonyl (C=O) groups is 1. The van der Waals surface area contributed by atoms with Gasteiger partial charge in [-0.05, 0) is 25.8 Å². The zero-order chi connectivity index (χ0) is 16.7. The van der Waals surface area contributed by atoms with E-state index in [0.717, 1.165) is 30.2 Å². The normalized spacial score (nSPS) is 19.8. The van der Waals surface area contributed by atoms with Crippen LogP contribution in [-0.4, -0.2) is 59.2 Å². The van der Waals surface area contributed by atoms with Crippen molar-refractivity contribution in [2.24, 2.45) is 0 Å². The van der Waals surface area contributed by atoms with Crippen LogP contribution in [0.25, 0.3) is 0 Å². The van der Waals surface area contributed by atoms with Gasteiger partial charge in [-0.25, -0.2) is 0 Å². The highest BCUT2D eigenvalue weighted by Crippen LogP contribution is 2.20. The second kappa shape index (κ2) is 9.30. The summed E-state index contributed by atoms with van der Waals surface area (Å²) < 4.78 is 0. The van der Waals surface area contributed by atoms with Gasteiger partial charge < -0.3 is 10.4 Å². The van der Waals surface area contributed by atoms with Gasteiger partial charge in [0, 0.05) is 37.1 Å². The van der Waals surface area contributed by atoms with E-state index in [4.69, 9.17) is 0 Å². The van der Waals surface area contributed by atoms with Gasteiger partial charge in [0.2, 0.25) is 5.91 Å². The summed E-state index contributed by atoms with van der Waals surface area (Å²) in [5, 5.41) is 12.8. The third kappa shape index (κ3) is 5.83. The fourth-order valence-electron chi connectivity index (χ4n) is 2.98. The number of carbonyl (C=O) groups excluding carboxylic acids is 1. The standard InChI is InChI=1S/C18H28N2O2S/c1-14(21)12-17(16-6-4-3-5-7-16)13-19-18(22)15(2)20-8-10-23-11-9-20/h3-7,14-15,17,21H,8-13H2,1-2H3,(H,19,22). The first-order valence-corrected chi connectivity index (χ1v) is 9.56. The van der Waals surface area contributed by atoms with E-state index in [-0.39, 0.29) is 24.0 Å². The number of aliphatic hydroxyl groups excluding tert-OH is 1. The van der Waals surface area contributed by atoms with Gasteiger partial charge in [-0.3, -0.25) is 9.69 Å². The number of aliphatic hydroxyl groups is 1. The Morgan fingerprint density at radius 2 is 1.91 bits per heavy atom. The number of rotatable bonds is 7. The predicted molar refractivity (Wildman–Crippen MR) is 96.9 cm³/mol. The van der Waals surface area contributed by atoms with Crippen molar-refractivity contribution in [1.29, 1.82) is 0 Å². The molecule has 0 spiro atoms. The Balaban J connectivity index is 1.90. The lowest BCUT2D eigenvalue weighted by molar-refractivity contribution is -0.125. The molecule has 2 N–H and O–H groups in total. The van der Waals surface area contributed by atoms with Crippen LogP contribution in [0.5, 0.6) is 0 Å². The molecule has 1 amide bonds. The fraction of sp³-hybridized carbons (Fsp3) is 0.611. The summed E-state index contributed by atoms with van der Waals surface area (Å²) in [5.41, 5.74) is 1.16. The average Bonchev–Trinajstić information content (AvgIpc) is 2.59. The zero-order valence-corrected chi connectivity index (χ0v) is 14.9. The van der Waals surface area contributed by atoms with Crippen LogP contribution in [0, 0.1) is 0 Å². The summed E-state index contributed by atoms with van der Waals surface area (Å²) in [4.78, 5) is 14.7. The van der Waals surface area contributed by atoms with E-state index in [2.05, 4.69) is 22.3 Å². The molecule has 3 atom stereocenters. The molecular weight excluding hydrogens is 308 g/mol. The topological polar surface area (TPSA) is 52.6 Å². The van der Waals surface area contributed by atoms with Crippen molar-refractivity contribution in [2.75, 3.05) is 31.1 Å². The quantitative estimate of drug-likeness (QED) is 0.801. The highest BCUT2D eigenvalue weighted by atomic mass is 32.2. The number of hydrogen-bond donors (Lipinski definition) is 2. The summed E-state index contributed by atoms with van der Waals surface area (Å²) in [5.74, 6) is 2.44. The highest BCUT2D eigenvalue weighted by Gasteiger charge is 2.24. The van der Waals surface area contributed by atoms with Crippen molar-refractivity contribution in [3.8, 4) is 0 Å². The minimum absolute atomic E-state index is 0.0844. The summed E-state index contributed by atoms with van der Waals surface area (Å²) in [6.45, 7) is 6.31. The Hall–Kier alpha value is -1.04. The van der Waals surface area contributed by atoms with Gasteiger partial charge in [-0.1, -0.05) is 30.3 Å². The Kier molecular flexibility index (Phi) is 7.40. The molecule has 0 radical (unpaired) electrons. The van der Waals surface area contributed by atoms with Crippen molar-refractivity contribution in [3.63, 3.8) is 0 Å². The van der Waals surface area contributed by atoms with Gasteiger partial charge in [0.25, 0.3) is 0 Å². The molecule has 0 aromatic heterocycles. The molecule has 1 aliphatic rings. The van der Waals surface area contributed by atoms with Gasteiger partial charge in [0.05, 0.1) is 12.1 Å². The van der Waals surface area contributed by atoms with Gasteiger partial charge in [-0.15, -0.1) is 0 Å². The van der Waals surface area contributed by atoms with Crippen molar-refractivity contribution >= 4 is 17.7 Å². The SMILES string of the molecule is CC(O)CC(CNC(=O)C(C)N1CCSCC1)c1ccccc1. The van der Waals surface area contributed by atoms with Crippen molar-refractivity contribution in [1.82, 2.24) is 10.2 Å². The minimum atomic E-state index is -0.381. The van der Waals surface area contributed by atoms with Gasteiger partial charge in [0.1, 0.15) is 0 Å². The summed E-state index contributed by atoms with van der Waals surface area (Å²) in [7, 11) is 0. The maximum absolute atomic E-state index is 12.4. The highest BCUT2D eigenvalue weighted by molar-refractivity contribution is 7.99. The summed E-state index contributed by atoms with van der Waals surface area (Å²) in [6, 6.07) is 10.0. The number of nitrogens with zero attached hydrogens (tertiary/aromatic N) is 1. The van der Waals surface area contributed by atoms with Crippen LogP contribution >= 0.6 is 11.8 Å². The maximum atomic E-state index is 12.4. The Morgan fingerprint density at radius 3 is 2.52 bits per heavy atom. The molecule has 1 aromatic carbocycles. The predicted octanol–water partition coefficient (Wildman–Crippen LogP) is 2.09. The van der Waals surface area contributed by atoms with Crippen LogP contribution in [0.1, 0.15) is 31.7 Å². The number of benzene rings is 1. The molecule has 3 unspecified atom stereocenters. The van der Waals surface area contributed by atoms with E-state index < -0.39 is 0 Å². The number of nitrogens with one attached hydrogen (secondary N) is 1. The summed E-state index contributed by atoms with van der Waals surface area (Å²) in [6.07, 6.45) is 0.271. The molecular formula is C18H28N2O2S. The lowest BCUT2D eigenvalue weighted by Crippen LogP contribution is -2.49. The number of hydrogen-bond acceptors (Lipinski definition) is 4. The molecule has 5 heteroatoms. The number of thioether (sulfide) groups is 1. The van der Waals surface area contributed by atoms with E-state index in [1.165, 1.54) is 0 Å². The van der Waals surface area contributed by atoms with E-state index in [1.54, 1.807) is 6.92 Å². The van der Waals surface area contributed by atoms with Crippen molar-refractivity contribution in [3.05, 3.63) is 35.9 Å². The Labute approximate surface area is 143 Å². The first-order valence-electron chi connectivity index (χ1n) is 8.40. The molecule has 23 heavy (non-hydrogen) atoms. The van der Waals surface area contributed by atoms with E-state index in [9.17, 15) is 9.90 Å². The second-order valence-electron chi connectivity index (χ2n) is 6.26. The van der Waals surface area contributed by atoms with Crippen LogP contribution in [0.4, 0.5) is 0 Å². The van der Waals surface area contributed by atoms with E-state index in [1.807, 2.05) is 36.9 Å². The zero-order valence-electron chi connectivity index (χ0n) is 14.1. The van der Waals surface area contributed by atoms with Crippen LogP contribution in [-0.2, 0) is 4.79 Å². The minimum Gasteiger partial charge on any atom is -0.393 e.